The van der Waals surface area contributed by atoms with Crippen molar-refractivity contribution in [2.45, 2.75) is 50.5 Å². The number of thiophene rings is 1. The number of carbonyl (C=O) groups excluding carboxylic acids is 2. The Balaban J connectivity index is 1.51. The van der Waals surface area contributed by atoms with E-state index in [0.29, 0.717) is 41.9 Å². The molecule has 0 saturated carbocycles. The maximum atomic E-state index is 15.0. The molecule has 1 saturated heterocycles. The third kappa shape index (κ3) is 4.27. The van der Waals surface area contributed by atoms with Crippen molar-refractivity contribution in [3.63, 3.8) is 0 Å². The maximum absolute atomic E-state index is 15.0. The minimum absolute atomic E-state index is 0.0627. The number of ketones is 1. The van der Waals surface area contributed by atoms with Gasteiger partial charge in [0, 0.05) is 46.4 Å². The summed E-state index contributed by atoms with van der Waals surface area (Å²) in [5.74, 6) is -1.76. The molecule has 0 unspecified atom stereocenters. The van der Waals surface area contributed by atoms with Gasteiger partial charge in [0.05, 0.1) is 17.6 Å². The van der Waals surface area contributed by atoms with E-state index in [1.165, 1.54) is 6.07 Å². The topological polar surface area (TPSA) is 64.6 Å². The van der Waals surface area contributed by atoms with Crippen LogP contribution in [0.25, 0.3) is 0 Å². The Bertz CT molecular complexity index is 1130. The molecule has 1 fully saturated rings. The molecule has 172 valence electrons. The lowest BCUT2D eigenvalue weighted by Crippen LogP contribution is -2.36. The maximum Gasteiger partial charge on any atom is 0.336 e. The molecule has 0 spiro atoms. The summed E-state index contributed by atoms with van der Waals surface area (Å²) in [7, 11) is 0. The predicted molar refractivity (Wildman–Crippen MR) is 123 cm³/mol. The van der Waals surface area contributed by atoms with Gasteiger partial charge in [0.2, 0.25) is 0 Å². The molecule has 5 nitrogen and oxygen atoms in total. The second-order valence-electron chi connectivity index (χ2n) is 8.79. The molecule has 1 aromatic heterocycles. The fourth-order valence-electron chi connectivity index (χ4n) is 5.08. The fraction of sp³-hybridized carbons (Fsp3) is 0.385. The molecule has 2 aromatic rings. The third-order valence-electron chi connectivity index (χ3n) is 6.63. The number of esters is 1. The zero-order valence-electron chi connectivity index (χ0n) is 18.4. The van der Waals surface area contributed by atoms with Crippen LogP contribution in [0.3, 0.4) is 0 Å². The molecule has 3 aliphatic rings. The van der Waals surface area contributed by atoms with Crippen LogP contribution in [0.15, 0.2) is 64.3 Å². The van der Waals surface area contributed by atoms with Gasteiger partial charge in [-0.15, -0.1) is 11.3 Å². The number of rotatable bonds is 5. The van der Waals surface area contributed by atoms with E-state index in [1.807, 2.05) is 17.5 Å². The summed E-state index contributed by atoms with van der Waals surface area (Å²) in [5.41, 5.74) is 2.45. The average molecular weight is 468 g/mol. The van der Waals surface area contributed by atoms with Crippen LogP contribution in [-0.2, 0) is 19.1 Å². The largest absolute Gasteiger partial charge is 0.459 e. The molecule has 7 heteroatoms. The zero-order valence-corrected chi connectivity index (χ0v) is 19.3. The van der Waals surface area contributed by atoms with Crippen molar-refractivity contribution in [1.29, 1.82) is 0 Å². The highest BCUT2D eigenvalue weighted by Crippen LogP contribution is 2.46. The van der Waals surface area contributed by atoms with Crippen molar-refractivity contribution in [2.24, 2.45) is 0 Å². The Morgan fingerprint density at radius 2 is 2.09 bits per heavy atom. The first-order chi connectivity index (χ1) is 16.0. The Hall–Kier alpha value is -2.77. The first-order valence-corrected chi connectivity index (χ1v) is 12.2. The molecule has 1 N–H and O–H groups in total. The summed E-state index contributed by atoms with van der Waals surface area (Å²) < 4.78 is 26.2. The standard InChI is InChI=1S/C26H26FNO4S/c1-15-23(26(30)32-14-17-6-4-10-31-17)24(18-7-2-3-8-19(18)27)25-20(28-15)12-16(13-21(25)29)22-9-5-11-33-22/h2-3,5,7-9,11,16-17,24,28H,4,6,10,12-14H2,1H3/t16-,17-,24+/m1/s1. The van der Waals surface area contributed by atoms with Crippen molar-refractivity contribution >= 4 is 23.1 Å². The van der Waals surface area contributed by atoms with Gasteiger partial charge in [-0.1, -0.05) is 24.3 Å². The minimum Gasteiger partial charge on any atom is -0.459 e. The second kappa shape index (κ2) is 9.23. The third-order valence-corrected chi connectivity index (χ3v) is 7.67. The normalized spacial score (nSPS) is 25.2. The second-order valence-corrected chi connectivity index (χ2v) is 9.77. The number of hydrogen-bond donors (Lipinski definition) is 1. The smallest absolute Gasteiger partial charge is 0.336 e. The van der Waals surface area contributed by atoms with Gasteiger partial charge in [0.1, 0.15) is 12.4 Å². The number of nitrogens with one attached hydrogen (secondary N) is 1. The number of ether oxygens (including phenoxy) is 2. The van der Waals surface area contributed by atoms with Gasteiger partial charge in [-0.3, -0.25) is 4.79 Å². The van der Waals surface area contributed by atoms with Crippen molar-refractivity contribution in [2.75, 3.05) is 13.2 Å². The molecule has 5 rings (SSSR count). The van der Waals surface area contributed by atoms with Gasteiger partial charge < -0.3 is 14.8 Å². The van der Waals surface area contributed by atoms with E-state index >= 15 is 4.39 Å². The molecule has 1 aliphatic carbocycles. The molecule has 0 bridgehead atoms. The Kier molecular flexibility index (Phi) is 6.17. The van der Waals surface area contributed by atoms with Crippen LogP contribution in [-0.4, -0.2) is 31.1 Å². The van der Waals surface area contributed by atoms with Crippen LogP contribution in [0.5, 0.6) is 0 Å². The zero-order chi connectivity index (χ0) is 22.9. The Labute approximate surface area is 196 Å². The first kappa shape index (κ1) is 22.0. The van der Waals surface area contributed by atoms with Gasteiger partial charge in [-0.2, -0.15) is 0 Å². The number of carbonyl (C=O) groups is 2. The monoisotopic (exact) mass is 467 g/mol. The van der Waals surface area contributed by atoms with E-state index in [-0.39, 0.29) is 24.4 Å². The average Bonchev–Trinajstić information content (AvgIpc) is 3.51. The molecular weight excluding hydrogens is 441 g/mol. The van der Waals surface area contributed by atoms with Gasteiger partial charge in [0.15, 0.2) is 5.78 Å². The van der Waals surface area contributed by atoms with E-state index in [9.17, 15) is 9.59 Å². The Morgan fingerprint density at radius 3 is 2.82 bits per heavy atom. The van der Waals surface area contributed by atoms with E-state index in [1.54, 1.807) is 36.5 Å². The summed E-state index contributed by atoms with van der Waals surface area (Å²) in [5, 5.41) is 5.31. The van der Waals surface area contributed by atoms with E-state index in [0.717, 1.165) is 23.4 Å². The van der Waals surface area contributed by atoms with Crippen LogP contribution >= 0.6 is 11.3 Å². The molecular formula is C26H26FNO4S. The number of hydrogen-bond acceptors (Lipinski definition) is 6. The molecule has 0 amide bonds. The molecule has 1 aromatic carbocycles. The molecule has 2 aliphatic heterocycles. The van der Waals surface area contributed by atoms with Crippen LogP contribution in [0.4, 0.5) is 4.39 Å². The summed E-state index contributed by atoms with van der Waals surface area (Å²) in [6.45, 7) is 2.61. The lowest BCUT2D eigenvalue weighted by atomic mass is 9.72. The fourth-order valence-corrected chi connectivity index (χ4v) is 5.91. The van der Waals surface area contributed by atoms with Crippen molar-refractivity contribution in [3.05, 3.63) is 80.6 Å². The summed E-state index contributed by atoms with van der Waals surface area (Å²) in [4.78, 5) is 27.9. The van der Waals surface area contributed by atoms with E-state index < -0.39 is 17.7 Å². The quantitative estimate of drug-likeness (QED) is 0.629. The number of benzene rings is 1. The van der Waals surface area contributed by atoms with E-state index in [2.05, 4.69) is 5.32 Å². The van der Waals surface area contributed by atoms with Crippen LogP contribution < -0.4 is 5.32 Å². The van der Waals surface area contributed by atoms with Crippen LogP contribution in [0, 0.1) is 5.82 Å². The van der Waals surface area contributed by atoms with Crippen LogP contribution in [0.2, 0.25) is 0 Å². The highest BCUT2D eigenvalue weighted by molar-refractivity contribution is 7.10. The molecule has 33 heavy (non-hydrogen) atoms. The van der Waals surface area contributed by atoms with Gasteiger partial charge >= 0.3 is 5.97 Å². The molecule has 3 heterocycles. The van der Waals surface area contributed by atoms with Crippen molar-refractivity contribution < 1.29 is 23.5 Å². The van der Waals surface area contributed by atoms with E-state index in [4.69, 9.17) is 9.47 Å². The molecule has 0 radical (unpaired) electrons. The van der Waals surface area contributed by atoms with Crippen molar-refractivity contribution in [3.8, 4) is 0 Å². The number of dihydropyridines is 1. The summed E-state index contributed by atoms with van der Waals surface area (Å²) in [6, 6.07) is 10.4. The number of halogens is 1. The Morgan fingerprint density at radius 1 is 1.24 bits per heavy atom. The highest BCUT2D eigenvalue weighted by Gasteiger charge is 2.42. The lowest BCUT2D eigenvalue weighted by molar-refractivity contribution is -0.142. The minimum atomic E-state index is -0.795. The lowest BCUT2D eigenvalue weighted by Gasteiger charge is -2.36. The molecule has 3 atom stereocenters. The summed E-state index contributed by atoms with van der Waals surface area (Å²) in [6.07, 6.45) is 2.65. The number of allylic oxidation sites excluding steroid dienone is 3. The summed E-state index contributed by atoms with van der Waals surface area (Å²) >= 11 is 1.63. The SMILES string of the molecule is CC1=C(C(=O)OC[C@H]2CCCO2)[C@H](c2ccccc2F)C2=C(C[C@@H](c3cccs3)CC2=O)N1. The number of Topliss-reactive ketones (excluding diaryl/α,β-unsaturated/α-hetero) is 1. The van der Waals surface area contributed by atoms with Gasteiger partial charge in [-0.05, 0) is 43.7 Å². The van der Waals surface area contributed by atoms with Crippen molar-refractivity contribution in [1.82, 2.24) is 5.32 Å². The highest BCUT2D eigenvalue weighted by atomic mass is 32.1. The predicted octanol–water partition coefficient (Wildman–Crippen LogP) is 4.97. The van der Waals surface area contributed by atoms with Gasteiger partial charge in [0.25, 0.3) is 0 Å². The van der Waals surface area contributed by atoms with Gasteiger partial charge in [-0.25, -0.2) is 9.18 Å². The van der Waals surface area contributed by atoms with Crippen LogP contribution in [0.1, 0.15) is 54.9 Å². The first-order valence-electron chi connectivity index (χ1n) is 11.3.